The lowest BCUT2D eigenvalue weighted by Crippen LogP contribution is -2.53. The van der Waals surface area contributed by atoms with Crippen LogP contribution in [0.5, 0.6) is 5.75 Å². The molecule has 1 saturated heterocycles. The first-order chi connectivity index (χ1) is 16.9. The summed E-state index contributed by atoms with van der Waals surface area (Å²) in [6.07, 6.45) is 1.40. The number of likely N-dealkylation sites (tertiary alicyclic amines) is 1. The molecule has 2 aliphatic heterocycles. The molecule has 0 spiro atoms. The van der Waals surface area contributed by atoms with Gasteiger partial charge in [-0.3, -0.25) is 19.2 Å². The number of fused-ring (bicyclic) bond motifs is 1. The highest BCUT2D eigenvalue weighted by Gasteiger charge is 2.32. The lowest BCUT2D eigenvalue weighted by molar-refractivity contribution is -0.140. The van der Waals surface area contributed by atoms with Crippen molar-refractivity contribution in [3.05, 3.63) is 59.7 Å². The van der Waals surface area contributed by atoms with Crippen LogP contribution in [0.15, 0.2) is 48.5 Å². The van der Waals surface area contributed by atoms with Crippen LogP contribution in [0.25, 0.3) is 0 Å². The molecule has 2 N–H and O–H groups in total. The van der Waals surface area contributed by atoms with Crippen LogP contribution >= 0.6 is 0 Å². The van der Waals surface area contributed by atoms with Crippen molar-refractivity contribution in [2.75, 3.05) is 38.2 Å². The predicted octanol–water partition coefficient (Wildman–Crippen LogP) is 0.325. The highest BCUT2D eigenvalue weighted by atomic mass is 16.5. The van der Waals surface area contributed by atoms with Crippen LogP contribution in [0.2, 0.25) is 0 Å². The lowest BCUT2D eigenvalue weighted by atomic mass is 10.0. The third kappa shape index (κ3) is 5.79. The van der Waals surface area contributed by atoms with Crippen LogP contribution in [0.3, 0.4) is 0 Å². The molecule has 1 fully saturated rings. The molecule has 1 atom stereocenters. The molecule has 4 rings (SSSR count). The maximum absolute atomic E-state index is 13.0. The maximum atomic E-state index is 13.0. The van der Waals surface area contributed by atoms with E-state index in [2.05, 4.69) is 22.5 Å². The van der Waals surface area contributed by atoms with Crippen LogP contribution < -0.4 is 20.3 Å². The van der Waals surface area contributed by atoms with E-state index in [0.717, 1.165) is 12.0 Å². The largest absolute Gasteiger partial charge is 0.489 e. The van der Waals surface area contributed by atoms with Crippen molar-refractivity contribution in [1.29, 1.82) is 0 Å². The Bertz CT molecular complexity index is 1180. The fourth-order valence-corrected chi connectivity index (χ4v) is 3.82. The van der Waals surface area contributed by atoms with Gasteiger partial charge in [0.1, 0.15) is 18.4 Å². The molecule has 0 saturated carbocycles. The van der Waals surface area contributed by atoms with Crippen LogP contribution in [0, 0.1) is 17.8 Å². The smallest absolute Gasteiger partial charge is 0.310 e. The zero-order chi connectivity index (χ0) is 24.8. The summed E-state index contributed by atoms with van der Waals surface area (Å²) in [6.45, 7) is 1.43. The molecule has 0 aliphatic carbocycles. The highest BCUT2D eigenvalue weighted by molar-refractivity contribution is 6.35. The van der Waals surface area contributed by atoms with Gasteiger partial charge in [-0.05, 0) is 30.2 Å². The van der Waals surface area contributed by atoms with E-state index in [1.54, 1.807) is 30.1 Å². The summed E-state index contributed by atoms with van der Waals surface area (Å²) in [6, 6.07) is 13.8. The molecule has 2 heterocycles. The topological polar surface area (TPSA) is 108 Å². The van der Waals surface area contributed by atoms with Crippen LogP contribution in [-0.2, 0) is 25.6 Å². The van der Waals surface area contributed by atoms with Crippen molar-refractivity contribution >= 4 is 29.8 Å². The molecule has 2 aromatic rings. The molecule has 0 aromatic heterocycles. The Morgan fingerprint density at radius 3 is 2.66 bits per heavy atom. The zero-order valence-corrected chi connectivity index (χ0v) is 19.3. The standard InChI is InChI=1S/C26H26N4O5/c1-29-22-13-19(7-8-20-14-30(15-20)17-31)9-10-23(22)35-16-21(26(29)34)28-25(33)24(32)27-12-11-18-5-3-2-4-6-18/h2-6,9-10,13,17,20-21H,11-12,14-16H2,1H3,(H,27,32)(H,28,33)/t21-/m0/s1. The fraction of sp³-hybridized carbons (Fsp3) is 0.308. The number of anilines is 1. The summed E-state index contributed by atoms with van der Waals surface area (Å²) in [5.41, 5.74) is 2.27. The van der Waals surface area contributed by atoms with E-state index in [1.165, 1.54) is 4.90 Å². The normalized spacial score (nSPS) is 17.1. The van der Waals surface area contributed by atoms with Crippen LogP contribution in [-0.4, -0.2) is 68.4 Å². The predicted molar refractivity (Wildman–Crippen MR) is 128 cm³/mol. The Kier molecular flexibility index (Phi) is 7.31. The van der Waals surface area contributed by atoms with Crippen molar-refractivity contribution in [3.63, 3.8) is 0 Å². The van der Waals surface area contributed by atoms with Gasteiger partial charge in [0.15, 0.2) is 0 Å². The van der Waals surface area contributed by atoms with E-state index in [1.807, 2.05) is 30.3 Å². The summed E-state index contributed by atoms with van der Waals surface area (Å²) in [5, 5.41) is 5.05. The van der Waals surface area contributed by atoms with Crippen LogP contribution in [0.1, 0.15) is 11.1 Å². The SMILES string of the molecule is CN1C(=O)[C@@H](NC(=O)C(=O)NCCc2ccccc2)COc2ccc(C#CC3CN(C=O)C3)cc21. The van der Waals surface area contributed by atoms with Gasteiger partial charge >= 0.3 is 11.8 Å². The minimum atomic E-state index is -1.02. The van der Waals surface area contributed by atoms with E-state index in [4.69, 9.17) is 4.74 Å². The van der Waals surface area contributed by atoms with E-state index >= 15 is 0 Å². The number of benzene rings is 2. The number of hydrogen-bond donors (Lipinski definition) is 2. The molecule has 2 aromatic carbocycles. The second-order valence-electron chi connectivity index (χ2n) is 8.43. The number of rotatable bonds is 5. The number of hydrogen-bond acceptors (Lipinski definition) is 5. The molecule has 9 nitrogen and oxygen atoms in total. The molecule has 0 bridgehead atoms. The van der Waals surface area contributed by atoms with Gasteiger partial charge in [-0.15, -0.1) is 0 Å². The number of carbonyl (C=O) groups is 4. The van der Waals surface area contributed by atoms with Gasteiger partial charge in [-0.1, -0.05) is 42.2 Å². The average molecular weight is 475 g/mol. The van der Waals surface area contributed by atoms with Gasteiger partial charge in [-0.25, -0.2) is 0 Å². The monoisotopic (exact) mass is 474 g/mol. The molecule has 2 aliphatic rings. The van der Waals surface area contributed by atoms with Crippen LogP contribution in [0.4, 0.5) is 5.69 Å². The Hall–Kier alpha value is -4.32. The van der Waals surface area contributed by atoms with E-state index in [0.29, 0.717) is 43.1 Å². The maximum Gasteiger partial charge on any atom is 0.310 e. The molecular weight excluding hydrogens is 448 g/mol. The zero-order valence-electron chi connectivity index (χ0n) is 19.3. The average Bonchev–Trinajstić information content (AvgIpc) is 2.96. The number of nitrogens with one attached hydrogen (secondary N) is 2. The summed E-state index contributed by atoms with van der Waals surface area (Å²) >= 11 is 0. The Balaban J connectivity index is 1.34. The lowest BCUT2D eigenvalue weighted by Gasteiger charge is -2.32. The number of amides is 4. The van der Waals surface area contributed by atoms with Gasteiger partial charge in [0, 0.05) is 32.2 Å². The summed E-state index contributed by atoms with van der Waals surface area (Å²) in [5.74, 6) is 4.71. The second kappa shape index (κ2) is 10.7. The first-order valence-corrected chi connectivity index (χ1v) is 11.3. The van der Waals surface area contributed by atoms with Gasteiger partial charge in [-0.2, -0.15) is 0 Å². The summed E-state index contributed by atoms with van der Waals surface area (Å²) in [7, 11) is 1.58. The van der Waals surface area contributed by atoms with Gasteiger partial charge in [0.2, 0.25) is 6.41 Å². The van der Waals surface area contributed by atoms with E-state index in [-0.39, 0.29) is 12.5 Å². The molecule has 0 unspecified atom stereocenters. The third-order valence-electron chi connectivity index (χ3n) is 5.89. The van der Waals surface area contributed by atoms with E-state index < -0.39 is 23.8 Å². The fourth-order valence-electron chi connectivity index (χ4n) is 3.82. The molecular formula is C26H26N4O5. The van der Waals surface area contributed by atoms with Crippen molar-refractivity contribution in [2.24, 2.45) is 5.92 Å². The molecule has 180 valence electrons. The Labute approximate surface area is 203 Å². The van der Waals surface area contributed by atoms with Gasteiger partial charge < -0.3 is 25.2 Å². The Morgan fingerprint density at radius 2 is 1.91 bits per heavy atom. The number of ether oxygens (including phenoxy) is 1. The Morgan fingerprint density at radius 1 is 1.14 bits per heavy atom. The minimum absolute atomic E-state index is 0.103. The minimum Gasteiger partial charge on any atom is -0.489 e. The number of nitrogens with zero attached hydrogens (tertiary/aromatic N) is 2. The molecule has 0 radical (unpaired) electrons. The van der Waals surface area contributed by atoms with Crippen molar-refractivity contribution < 1.29 is 23.9 Å². The molecule has 35 heavy (non-hydrogen) atoms. The van der Waals surface area contributed by atoms with E-state index in [9.17, 15) is 19.2 Å². The summed E-state index contributed by atoms with van der Waals surface area (Å²) < 4.78 is 5.76. The highest BCUT2D eigenvalue weighted by Crippen LogP contribution is 2.31. The van der Waals surface area contributed by atoms with Gasteiger partial charge in [0.25, 0.3) is 5.91 Å². The van der Waals surface area contributed by atoms with Crippen molar-refractivity contribution in [2.45, 2.75) is 12.5 Å². The second-order valence-corrected chi connectivity index (χ2v) is 8.43. The molecule has 9 heteroatoms. The van der Waals surface area contributed by atoms with Gasteiger partial charge in [0.05, 0.1) is 11.6 Å². The molecule has 4 amide bonds. The number of carbonyl (C=O) groups excluding carboxylic acids is 4. The quantitative estimate of drug-likeness (QED) is 0.369. The summed E-state index contributed by atoms with van der Waals surface area (Å²) in [4.78, 5) is 51.3. The van der Waals surface area contributed by atoms with Crippen molar-refractivity contribution in [1.82, 2.24) is 15.5 Å². The first-order valence-electron chi connectivity index (χ1n) is 11.3. The number of likely N-dealkylation sites (N-methyl/N-ethyl adjacent to an activating group) is 1. The third-order valence-corrected chi connectivity index (χ3v) is 5.89. The first kappa shape index (κ1) is 23.8. The van der Waals surface area contributed by atoms with Crippen molar-refractivity contribution in [3.8, 4) is 17.6 Å².